The van der Waals surface area contributed by atoms with Gasteiger partial charge in [-0.25, -0.2) is 9.97 Å². The van der Waals surface area contributed by atoms with E-state index in [1.165, 1.54) is 6.33 Å². The first kappa shape index (κ1) is 14.9. The molecular formula is C12H18N6O3. The van der Waals surface area contributed by atoms with E-state index in [-0.39, 0.29) is 29.1 Å². The molecule has 0 bridgehead atoms. The Kier molecular flexibility index (Phi) is 4.51. The number of primary amides is 1. The van der Waals surface area contributed by atoms with Crippen molar-refractivity contribution in [2.75, 3.05) is 29.9 Å². The molecule has 0 aliphatic carbocycles. The van der Waals surface area contributed by atoms with Crippen LogP contribution < -0.4 is 16.0 Å². The lowest BCUT2D eigenvalue weighted by Gasteiger charge is -2.31. The highest BCUT2D eigenvalue weighted by Gasteiger charge is 2.30. The molecule has 9 nitrogen and oxygen atoms in total. The van der Waals surface area contributed by atoms with E-state index < -0.39 is 4.92 Å². The molecular weight excluding hydrogens is 276 g/mol. The van der Waals surface area contributed by atoms with Crippen LogP contribution in [-0.4, -0.2) is 40.4 Å². The maximum Gasteiger partial charge on any atom is 0.353 e. The van der Waals surface area contributed by atoms with Gasteiger partial charge < -0.3 is 16.0 Å². The fourth-order valence-corrected chi connectivity index (χ4v) is 2.44. The normalized spacial score (nSPS) is 15.8. The molecule has 0 aromatic carbocycles. The summed E-state index contributed by atoms with van der Waals surface area (Å²) in [4.78, 5) is 31.8. The van der Waals surface area contributed by atoms with Crippen LogP contribution in [0.4, 0.5) is 17.3 Å². The minimum atomic E-state index is -0.479. The summed E-state index contributed by atoms with van der Waals surface area (Å²) in [5, 5.41) is 14.2. The molecule has 0 radical (unpaired) electrons. The molecule has 1 saturated heterocycles. The third kappa shape index (κ3) is 3.18. The number of carbonyl (C=O) groups is 1. The Bertz CT molecular complexity index is 542. The smallest absolute Gasteiger partial charge is 0.353 e. The van der Waals surface area contributed by atoms with Gasteiger partial charge in [-0.1, -0.05) is 0 Å². The fraction of sp³-hybridized carbons (Fsp3) is 0.583. The lowest BCUT2D eigenvalue weighted by Crippen LogP contribution is -2.39. The molecule has 114 valence electrons. The van der Waals surface area contributed by atoms with Crippen molar-refractivity contribution in [2.45, 2.75) is 19.8 Å². The Hall–Kier alpha value is -2.45. The maximum absolute atomic E-state index is 11.3. The molecule has 1 aliphatic heterocycles. The molecule has 0 atom stereocenters. The largest absolute Gasteiger partial charge is 0.369 e. The minimum Gasteiger partial charge on any atom is -0.369 e. The predicted molar refractivity (Wildman–Crippen MR) is 77.0 cm³/mol. The van der Waals surface area contributed by atoms with Gasteiger partial charge in [0.05, 0.1) is 4.92 Å². The van der Waals surface area contributed by atoms with Gasteiger partial charge in [0.25, 0.3) is 0 Å². The SMILES string of the molecule is CCNc1ncnc(N2CCC(C(N)=O)CC2)c1[N+](=O)[O-]. The third-order valence-corrected chi connectivity index (χ3v) is 3.53. The van der Waals surface area contributed by atoms with Crippen molar-refractivity contribution in [3.63, 3.8) is 0 Å². The molecule has 2 heterocycles. The summed E-state index contributed by atoms with van der Waals surface area (Å²) >= 11 is 0. The number of hydrogen-bond donors (Lipinski definition) is 2. The van der Waals surface area contributed by atoms with Gasteiger partial charge in [-0.15, -0.1) is 0 Å². The monoisotopic (exact) mass is 294 g/mol. The second-order valence-electron chi connectivity index (χ2n) is 4.85. The van der Waals surface area contributed by atoms with E-state index >= 15 is 0 Å². The Morgan fingerprint density at radius 1 is 1.52 bits per heavy atom. The maximum atomic E-state index is 11.3. The van der Waals surface area contributed by atoms with Gasteiger partial charge in [-0.3, -0.25) is 14.9 Å². The van der Waals surface area contributed by atoms with Crippen LogP contribution in [-0.2, 0) is 4.79 Å². The average molecular weight is 294 g/mol. The molecule has 1 amide bonds. The Morgan fingerprint density at radius 2 is 2.19 bits per heavy atom. The van der Waals surface area contributed by atoms with Crippen molar-refractivity contribution in [3.05, 3.63) is 16.4 Å². The van der Waals surface area contributed by atoms with Crippen molar-refractivity contribution in [3.8, 4) is 0 Å². The number of aromatic nitrogens is 2. The number of nitrogens with two attached hydrogens (primary N) is 1. The van der Waals surface area contributed by atoms with E-state index in [4.69, 9.17) is 5.73 Å². The van der Waals surface area contributed by atoms with Crippen LogP contribution in [0.1, 0.15) is 19.8 Å². The first-order valence-corrected chi connectivity index (χ1v) is 6.82. The number of nitrogens with one attached hydrogen (secondary N) is 1. The number of anilines is 2. The third-order valence-electron chi connectivity index (χ3n) is 3.53. The van der Waals surface area contributed by atoms with E-state index in [1.54, 1.807) is 4.90 Å². The summed E-state index contributed by atoms with van der Waals surface area (Å²) in [5.74, 6) is 0.00829. The molecule has 1 aromatic rings. The summed E-state index contributed by atoms with van der Waals surface area (Å²) in [6, 6.07) is 0. The van der Waals surface area contributed by atoms with Gasteiger partial charge in [0.15, 0.2) is 0 Å². The topological polar surface area (TPSA) is 127 Å². The Morgan fingerprint density at radius 3 is 2.71 bits per heavy atom. The molecule has 1 fully saturated rings. The molecule has 0 unspecified atom stereocenters. The van der Waals surface area contributed by atoms with Gasteiger partial charge in [0, 0.05) is 25.6 Å². The van der Waals surface area contributed by atoms with Gasteiger partial charge in [0.2, 0.25) is 17.5 Å². The average Bonchev–Trinajstić information content (AvgIpc) is 2.47. The van der Waals surface area contributed by atoms with E-state index in [9.17, 15) is 14.9 Å². The van der Waals surface area contributed by atoms with Crippen molar-refractivity contribution in [2.24, 2.45) is 11.7 Å². The highest BCUT2D eigenvalue weighted by molar-refractivity contribution is 5.77. The van der Waals surface area contributed by atoms with Crippen molar-refractivity contribution >= 4 is 23.2 Å². The predicted octanol–water partition coefficient (Wildman–Crippen LogP) is 0.518. The standard InChI is InChI=1S/C12H18N6O3/c1-2-14-11-9(18(20)21)12(16-7-15-11)17-5-3-8(4-6-17)10(13)19/h7-8H,2-6H2,1H3,(H2,13,19)(H,14,15,16). The van der Waals surface area contributed by atoms with E-state index in [1.807, 2.05) is 6.92 Å². The van der Waals surface area contributed by atoms with Crippen LogP contribution in [0, 0.1) is 16.0 Å². The van der Waals surface area contributed by atoms with Gasteiger partial charge >= 0.3 is 5.69 Å². The van der Waals surface area contributed by atoms with Crippen LogP contribution in [0.5, 0.6) is 0 Å². The van der Waals surface area contributed by atoms with Gasteiger partial charge in [-0.2, -0.15) is 0 Å². The molecule has 0 spiro atoms. The summed E-state index contributed by atoms with van der Waals surface area (Å²) in [7, 11) is 0. The van der Waals surface area contributed by atoms with Crippen LogP contribution >= 0.6 is 0 Å². The Balaban J connectivity index is 2.26. The first-order valence-electron chi connectivity index (χ1n) is 6.82. The molecule has 1 aliphatic rings. The number of amides is 1. The quantitative estimate of drug-likeness (QED) is 0.598. The number of piperidine rings is 1. The lowest BCUT2D eigenvalue weighted by atomic mass is 9.96. The summed E-state index contributed by atoms with van der Waals surface area (Å²) in [5.41, 5.74) is 5.16. The number of hydrogen-bond acceptors (Lipinski definition) is 7. The molecule has 2 rings (SSSR count). The fourth-order valence-electron chi connectivity index (χ4n) is 2.44. The zero-order valence-electron chi connectivity index (χ0n) is 11.8. The lowest BCUT2D eigenvalue weighted by molar-refractivity contribution is -0.383. The van der Waals surface area contributed by atoms with Crippen molar-refractivity contribution < 1.29 is 9.72 Å². The molecule has 9 heteroatoms. The van der Waals surface area contributed by atoms with Gasteiger partial charge in [-0.05, 0) is 19.8 Å². The second-order valence-corrected chi connectivity index (χ2v) is 4.85. The summed E-state index contributed by atoms with van der Waals surface area (Å²) < 4.78 is 0. The van der Waals surface area contributed by atoms with Gasteiger partial charge in [0.1, 0.15) is 6.33 Å². The zero-order chi connectivity index (χ0) is 15.4. The van der Waals surface area contributed by atoms with Crippen molar-refractivity contribution in [1.29, 1.82) is 0 Å². The molecule has 0 saturated carbocycles. The molecule has 1 aromatic heterocycles. The van der Waals surface area contributed by atoms with Crippen LogP contribution in [0.3, 0.4) is 0 Å². The van der Waals surface area contributed by atoms with Crippen LogP contribution in [0.15, 0.2) is 6.33 Å². The number of nitrogens with zero attached hydrogens (tertiary/aromatic N) is 4. The molecule has 3 N–H and O–H groups in total. The zero-order valence-corrected chi connectivity index (χ0v) is 11.8. The minimum absolute atomic E-state index is 0.128. The number of nitro groups is 1. The molecule has 21 heavy (non-hydrogen) atoms. The summed E-state index contributed by atoms with van der Waals surface area (Å²) in [6.07, 6.45) is 2.46. The van der Waals surface area contributed by atoms with E-state index in [0.717, 1.165) is 0 Å². The van der Waals surface area contributed by atoms with Crippen LogP contribution in [0.25, 0.3) is 0 Å². The Labute approximate surface area is 121 Å². The highest BCUT2D eigenvalue weighted by atomic mass is 16.6. The second kappa shape index (κ2) is 6.33. The van der Waals surface area contributed by atoms with E-state index in [2.05, 4.69) is 15.3 Å². The first-order chi connectivity index (χ1) is 10.0. The van der Waals surface area contributed by atoms with Crippen LogP contribution in [0.2, 0.25) is 0 Å². The highest BCUT2D eigenvalue weighted by Crippen LogP contribution is 2.33. The van der Waals surface area contributed by atoms with Crippen molar-refractivity contribution in [1.82, 2.24) is 9.97 Å². The number of rotatable bonds is 5. The van der Waals surface area contributed by atoms with E-state index in [0.29, 0.717) is 32.5 Å². The number of carbonyl (C=O) groups excluding carboxylic acids is 1. The summed E-state index contributed by atoms with van der Waals surface area (Å²) in [6.45, 7) is 3.39.